The van der Waals surface area contributed by atoms with Gasteiger partial charge in [0.2, 0.25) is 0 Å². The van der Waals surface area contributed by atoms with Crippen molar-refractivity contribution in [2.24, 2.45) is 0 Å². The Morgan fingerprint density at radius 2 is 2.17 bits per heavy atom. The van der Waals surface area contributed by atoms with Crippen LogP contribution in [0.4, 0.5) is 0 Å². The number of hydrogen-bond acceptors (Lipinski definition) is 5. The molecule has 1 N–H and O–H groups in total. The SMILES string of the molecule is CCOc1ccccc1CCNC(=O)c1ccn2nnnc2c1. The molecule has 0 fully saturated rings. The van der Waals surface area contributed by atoms with Gasteiger partial charge in [-0.15, -0.1) is 5.10 Å². The van der Waals surface area contributed by atoms with Gasteiger partial charge in [0.05, 0.1) is 6.61 Å². The van der Waals surface area contributed by atoms with E-state index in [1.54, 1.807) is 18.3 Å². The van der Waals surface area contributed by atoms with E-state index in [0.717, 1.165) is 11.3 Å². The lowest BCUT2D eigenvalue weighted by molar-refractivity contribution is 0.0954. The lowest BCUT2D eigenvalue weighted by atomic mass is 10.1. The molecule has 3 rings (SSSR count). The zero-order valence-electron chi connectivity index (χ0n) is 12.8. The highest BCUT2D eigenvalue weighted by Gasteiger charge is 2.08. The largest absolute Gasteiger partial charge is 0.494 e. The van der Waals surface area contributed by atoms with Gasteiger partial charge in [-0.25, -0.2) is 4.52 Å². The van der Waals surface area contributed by atoms with Gasteiger partial charge in [-0.2, -0.15) is 0 Å². The van der Waals surface area contributed by atoms with Crippen LogP contribution >= 0.6 is 0 Å². The van der Waals surface area contributed by atoms with E-state index in [4.69, 9.17) is 4.74 Å². The van der Waals surface area contributed by atoms with Crippen molar-refractivity contribution in [3.8, 4) is 5.75 Å². The van der Waals surface area contributed by atoms with Crippen molar-refractivity contribution in [2.45, 2.75) is 13.3 Å². The second-order valence-corrected chi connectivity index (χ2v) is 4.94. The van der Waals surface area contributed by atoms with Crippen LogP contribution in [0.15, 0.2) is 42.6 Å². The normalized spacial score (nSPS) is 10.7. The van der Waals surface area contributed by atoms with Crippen molar-refractivity contribution in [2.75, 3.05) is 13.2 Å². The first-order valence-corrected chi connectivity index (χ1v) is 7.44. The molecule has 0 aliphatic heterocycles. The maximum atomic E-state index is 12.2. The zero-order valence-corrected chi connectivity index (χ0v) is 12.8. The minimum atomic E-state index is -0.149. The molecule has 0 saturated heterocycles. The molecule has 0 spiro atoms. The summed E-state index contributed by atoms with van der Waals surface area (Å²) in [4.78, 5) is 12.2. The van der Waals surface area contributed by atoms with E-state index in [2.05, 4.69) is 20.8 Å². The van der Waals surface area contributed by atoms with Crippen molar-refractivity contribution < 1.29 is 9.53 Å². The Morgan fingerprint density at radius 3 is 3.04 bits per heavy atom. The average Bonchev–Trinajstić information content (AvgIpc) is 3.04. The molecule has 0 radical (unpaired) electrons. The molecule has 0 saturated carbocycles. The number of carbonyl (C=O) groups is 1. The van der Waals surface area contributed by atoms with Crippen LogP contribution in [0, 0.1) is 0 Å². The number of carbonyl (C=O) groups excluding carboxylic acids is 1. The van der Waals surface area contributed by atoms with E-state index in [0.29, 0.717) is 30.8 Å². The van der Waals surface area contributed by atoms with E-state index < -0.39 is 0 Å². The summed E-state index contributed by atoms with van der Waals surface area (Å²) in [6.07, 6.45) is 2.37. The number of aromatic nitrogens is 4. The first-order chi connectivity index (χ1) is 11.3. The van der Waals surface area contributed by atoms with Crippen LogP contribution in [-0.2, 0) is 6.42 Å². The van der Waals surface area contributed by atoms with Gasteiger partial charge in [-0.1, -0.05) is 18.2 Å². The van der Waals surface area contributed by atoms with Gasteiger partial charge in [0.15, 0.2) is 5.65 Å². The topological polar surface area (TPSA) is 81.4 Å². The van der Waals surface area contributed by atoms with Crippen molar-refractivity contribution in [3.63, 3.8) is 0 Å². The zero-order chi connectivity index (χ0) is 16.1. The lowest BCUT2D eigenvalue weighted by Gasteiger charge is -2.10. The fraction of sp³-hybridized carbons (Fsp3) is 0.250. The first-order valence-electron chi connectivity index (χ1n) is 7.44. The highest BCUT2D eigenvalue weighted by Crippen LogP contribution is 2.18. The molecule has 7 nitrogen and oxygen atoms in total. The van der Waals surface area contributed by atoms with Crippen LogP contribution in [0.2, 0.25) is 0 Å². The fourth-order valence-electron chi connectivity index (χ4n) is 2.30. The number of fused-ring (bicyclic) bond motifs is 1. The van der Waals surface area contributed by atoms with Gasteiger partial charge >= 0.3 is 0 Å². The molecule has 23 heavy (non-hydrogen) atoms. The van der Waals surface area contributed by atoms with Crippen LogP contribution in [0.25, 0.3) is 5.65 Å². The highest BCUT2D eigenvalue weighted by molar-refractivity contribution is 5.94. The van der Waals surface area contributed by atoms with Crippen molar-refractivity contribution in [3.05, 3.63) is 53.7 Å². The maximum absolute atomic E-state index is 12.2. The number of ether oxygens (including phenoxy) is 1. The molecule has 1 amide bonds. The Bertz CT molecular complexity index is 815. The Labute approximate surface area is 133 Å². The number of benzene rings is 1. The monoisotopic (exact) mass is 311 g/mol. The lowest BCUT2D eigenvalue weighted by Crippen LogP contribution is -2.25. The summed E-state index contributed by atoms with van der Waals surface area (Å²) in [5.41, 5.74) is 2.15. The van der Waals surface area contributed by atoms with E-state index in [1.807, 2.05) is 31.2 Å². The number of pyridine rings is 1. The molecule has 0 aliphatic carbocycles. The number of nitrogens with one attached hydrogen (secondary N) is 1. The average molecular weight is 311 g/mol. The van der Waals surface area contributed by atoms with Gasteiger partial charge in [-0.05, 0) is 47.5 Å². The summed E-state index contributed by atoms with van der Waals surface area (Å²) < 4.78 is 7.09. The smallest absolute Gasteiger partial charge is 0.251 e. The van der Waals surface area contributed by atoms with Crippen LogP contribution in [-0.4, -0.2) is 39.1 Å². The number of hydrogen-bond donors (Lipinski definition) is 1. The Hall–Kier alpha value is -2.96. The molecule has 0 aliphatic rings. The summed E-state index contributed by atoms with van der Waals surface area (Å²) in [5, 5.41) is 14.0. The summed E-state index contributed by atoms with van der Waals surface area (Å²) in [6, 6.07) is 11.2. The highest BCUT2D eigenvalue weighted by atomic mass is 16.5. The van der Waals surface area contributed by atoms with Crippen molar-refractivity contribution in [1.82, 2.24) is 25.4 Å². The van der Waals surface area contributed by atoms with Crippen LogP contribution in [0.1, 0.15) is 22.8 Å². The fourth-order valence-corrected chi connectivity index (χ4v) is 2.30. The van der Waals surface area contributed by atoms with E-state index in [-0.39, 0.29) is 5.91 Å². The van der Waals surface area contributed by atoms with E-state index >= 15 is 0 Å². The molecular weight excluding hydrogens is 294 g/mol. The quantitative estimate of drug-likeness (QED) is 0.746. The van der Waals surface area contributed by atoms with E-state index in [1.165, 1.54) is 4.52 Å². The predicted molar refractivity (Wildman–Crippen MR) is 84.4 cm³/mol. The molecular formula is C16H17N5O2. The third kappa shape index (κ3) is 3.45. The Morgan fingerprint density at radius 1 is 1.30 bits per heavy atom. The Kier molecular flexibility index (Phi) is 4.46. The summed E-state index contributed by atoms with van der Waals surface area (Å²) in [5.74, 6) is 0.713. The molecule has 7 heteroatoms. The third-order valence-corrected chi connectivity index (χ3v) is 3.41. The van der Waals surface area contributed by atoms with Crippen LogP contribution < -0.4 is 10.1 Å². The second-order valence-electron chi connectivity index (χ2n) is 4.94. The standard InChI is InChI=1S/C16H17N5O2/c1-2-23-14-6-4-3-5-12(14)7-9-17-16(22)13-8-10-21-15(11-13)18-19-20-21/h3-6,8,10-11H,2,7,9H2,1H3,(H,17,22). The molecule has 1 aromatic carbocycles. The van der Waals surface area contributed by atoms with Crippen molar-refractivity contribution >= 4 is 11.6 Å². The summed E-state index contributed by atoms with van der Waals surface area (Å²) in [7, 11) is 0. The van der Waals surface area contributed by atoms with Crippen LogP contribution in [0.3, 0.4) is 0 Å². The minimum Gasteiger partial charge on any atom is -0.494 e. The van der Waals surface area contributed by atoms with Gasteiger partial charge in [0.25, 0.3) is 5.91 Å². The second kappa shape index (κ2) is 6.87. The number of amides is 1. The number of tetrazole rings is 1. The molecule has 0 unspecified atom stereocenters. The maximum Gasteiger partial charge on any atom is 0.251 e. The van der Waals surface area contributed by atoms with Gasteiger partial charge < -0.3 is 10.1 Å². The molecule has 2 aromatic heterocycles. The molecule has 3 aromatic rings. The predicted octanol–water partition coefficient (Wildman–Crippen LogP) is 1.50. The third-order valence-electron chi connectivity index (χ3n) is 3.41. The molecule has 0 bridgehead atoms. The summed E-state index contributed by atoms with van der Waals surface area (Å²) >= 11 is 0. The number of nitrogens with zero attached hydrogens (tertiary/aromatic N) is 4. The number of rotatable bonds is 6. The van der Waals surface area contributed by atoms with E-state index in [9.17, 15) is 4.79 Å². The van der Waals surface area contributed by atoms with Gasteiger partial charge in [0.1, 0.15) is 5.75 Å². The number of para-hydroxylation sites is 1. The van der Waals surface area contributed by atoms with Gasteiger partial charge in [-0.3, -0.25) is 4.79 Å². The van der Waals surface area contributed by atoms with Gasteiger partial charge in [0, 0.05) is 18.3 Å². The van der Waals surface area contributed by atoms with Crippen molar-refractivity contribution in [1.29, 1.82) is 0 Å². The van der Waals surface area contributed by atoms with Crippen LogP contribution in [0.5, 0.6) is 5.75 Å². The Balaban J connectivity index is 1.61. The first kappa shape index (κ1) is 15.0. The molecule has 118 valence electrons. The molecule has 0 atom stereocenters. The summed E-state index contributed by atoms with van der Waals surface area (Å²) in [6.45, 7) is 3.10. The molecule has 2 heterocycles. The minimum absolute atomic E-state index is 0.149.